The van der Waals surface area contributed by atoms with Gasteiger partial charge in [0.1, 0.15) is 11.6 Å². The van der Waals surface area contributed by atoms with Gasteiger partial charge in [-0.3, -0.25) is 9.78 Å². The third-order valence-corrected chi connectivity index (χ3v) is 5.34. The molecule has 128 valence electrons. The molecule has 1 atom stereocenters. The lowest BCUT2D eigenvalue weighted by molar-refractivity contribution is 0.0686. The van der Waals surface area contributed by atoms with Gasteiger partial charge < -0.3 is 9.88 Å². The van der Waals surface area contributed by atoms with Crippen molar-refractivity contribution in [3.63, 3.8) is 0 Å². The van der Waals surface area contributed by atoms with Crippen LogP contribution in [0.2, 0.25) is 0 Å². The fourth-order valence-electron chi connectivity index (χ4n) is 3.43. The quantitative estimate of drug-likeness (QED) is 0.592. The number of nitrogens with one attached hydrogen (secondary N) is 1. The summed E-state index contributed by atoms with van der Waals surface area (Å²) in [7, 11) is 0. The molecule has 1 amide bonds. The zero-order chi connectivity index (χ0) is 17.5. The number of aromatic nitrogens is 5. The number of hydrogen-bond donors (Lipinski definition) is 1. The van der Waals surface area contributed by atoms with E-state index in [1.807, 2.05) is 36.5 Å². The Bertz CT molecular complexity index is 1090. The molecule has 4 aromatic rings. The molecule has 0 fully saturated rings. The molecule has 0 unspecified atom stereocenters. The summed E-state index contributed by atoms with van der Waals surface area (Å²) in [5.74, 6) is -0.138. The summed E-state index contributed by atoms with van der Waals surface area (Å²) in [4.78, 5) is 27.1. The number of carbonyl (C=O) groups excluding carboxylic acids is 1. The Morgan fingerprint density at radius 3 is 2.96 bits per heavy atom. The Morgan fingerprint density at radius 2 is 2.12 bits per heavy atom. The molecule has 0 radical (unpaired) electrons. The van der Waals surface area contributed by atoms with Crippen LogP contribution in [0.1, 0.15) is 32.9 Å². The minimum Gasteiger partial charge on any atom is -0.348 e. The molecule has 0 saturated heterocycles. The fraction of sp³-hybridized carbons (Fsp3) is 0.167. The number of nitrogens with zero attached hydrogens (tertiary/aromatic N) is 5. The van der Waals surface area contributed by atoms with Crippen molar-refractivity contribution in [2.24, 2.45) is 0 Å². The first kappa shape index (κ1) is 15.2. The van der Waals surface area contributed by atoms with Crippen molar-refractivity contribution in [2.75, 3.05) is 6.54 Å². The highest BCUT2D eigenvalue weighted by molar-refractivity contribution is 7.11. The minimum absolute atomic E-state index is 0.138. The zero-order valence-electron chi connectivity index (χ0n) is 13.7. The minimum atomic E-state index is -0.342. The lowest BCUT2D eigenvalue weighted by atomic mass is 9.98. The number of pyridine rings is 1. The van der Waals surface area contributed by atoms with Gasteiger partial charge in [-0.25, -0.2) is 4.98 Å². The molecule has 1 aliphatic heterocycles. The van der Waals surface area contributed by atoms with Gasteiger partial charge in [-0.2, -0.15) is 0 Å². The third kappa shape index (κ3) is 2.38. The molecule has 0 saturated carbocycles. The predicted octanol–water partition coefficient (Wildman–Crippen LogP) is 2.60. The Morgan fingerprint density at radius 1 is 1.23 bits per heavy atom. The highest BCUT2D eigenvalue weighted by Gasteiger charge is 2.36. The van der Waals surface area contributed by atoms with E-state index < -0.39 is 0 Å². The van der Waals surface area contributed by atoms with Crippen molar-refractivity contribution in [1.29, 1.82) is 0 Å². The highest BCUT2D eigenvalue weighted by atomic mass is 32.1. The predicted molar refractivity (Wildman–Crippen MR) is 96.8 cm³/mol. The van der Waals surface area contributed by atoms with Crippen LogP contribution in [-0.2, 0) is 6.42 Å². The van der Waals surface area contributed by atoms with Gasteiger partial charge in [0.2, 0.25) is 5.01 Å². The van der Waals surface area contributed by atoms with Crippen LogP contribution >= 0.6 is 11.3 Å². The molecule has 1 aliphatic rings. The first-order valence-corrected chi connectivity index (χ1v) is 9.13. The van der Waals surface area contributed by atoms with Crippen LogP contribution in [0.5, 0.6) is 0 Å². The van der Waals surface area contributed by atoms with Gasteiger partial charge >= 0.3 is 0 Å². The second kappa shape index (κ2) is 5.99. The van der Waals surface area contributed by atoms with E-state index in [9.17, 15) is 4.79 Å². The molecule has 4 heterocycles. The van der Waals surface area contributed by atoms with E-state index in [-0.39, 0.29) is 11.9 Å². The molecule has 0 bridgehead atoms. The van der Waals surface area contributed by atoms with Crippen molar-refractivity contribution >= 4 is 28.0 Å². The second-order valence-electron chi connectivity index (χ2n) is 6.12. The summed E-state index contributed by atoms with van der Waals surface area (Å²) < 4.78 is 0. The summed E-state index contributed by atoms with van der Waals surface area (Å²) in [6.07, 6.45) is 4.25. The number of fused-ring (bicyclic) bond motifs is 2. The summed E-state index contributed by atoms with van der Waals surface area (Å²) >= 11 is 1.25. The van der Waals surface area contributed by atoms with Crippen LogP contribution in [-0.4, -0.2) is 42.5 Å². The molecule has 26 heavy (non-hydrogen) atoms. The molecule has 1 aromatic carbocycles. The average Bonchev–Trinajstić information content (AvgIpc) is 3.38. The first-order chi connectivity index (χ1) is 12.8. The summed E-state index contributed by atoms with van der Waals surface area (Å²) in [5, 5.41) is 10.3. The number of rotatable bonds is 2. The second-order valence-corrected chi connectivity index (χ2v) is 6.95. The van der Waals surface area contributed by atoms with Gasteiger partial charge in [0.15, 0.2) is 0 Å². The fourth-order valence-corrected chi connectivity index (χ4v) is 3.94. The molecule has 0 aliphatic carbocycles. The van der Waals surface area contributed by atoms with Crippen LogP contribution in [0.25, 0.3) is 10.8 Å². The number of hydrogen-bond acceptors (Lipinski definition) is 6. The van der Waals surface area contributed by atoms with Gasteiger partial charge in [-0.15, -0.1) is 10.2 Å². The molecule has 3 aromatic heterocycles. The molecular formula is C18H14N6OS. The van der Waals surface area contributed by atoms with Gasteiger partial charge in [-0.05, 0) is 11.5 Å². The van der Waals surface area contributed by atoms with E-state index in [2.05, 4.69) is 25.1 Å². The molecule has 8 heteroatoms. The van der Waals surface area contributed by atoms with Gasteiger partial charge in [0.25, 0.3) is 5.91 Å². The van der Waals surface area contributed by atoms with Crippen LogP contribution in [0, 0.1) is 0 Å². The molecule has 7 nitrogen and oxygen atoms in total. The van der Waals surface area contributed by atoms with Gasteiger partial charge in [-0.1, -0.05) is 35.6 Å². The Hall–Kier alpha value is -3.13. The van der Waals surface area contributed by atoms with Crippen molar-refractivity contribution in [3.8, 4) is 0 Å². The summed E-state index contributed by atoms with van der Waals surface area (Å²) in [6, 6.07) is 9.75. The van der Waals surface area contributed by atoms with E-state index >= 15 is 0 Å². The maximum Gasteiger partial charge on any atom is 0.285 e. The van der Waals surface area contributed by atoms with Crippen molar-refractivity contribution in [2.45, 2.75) is 12.5 Å². The van der Waals surface area contributed by atoms with Crippen molar-refractivity contribution in [1.82, 2.24) is 30.0 Å². The monoisotopic (exact) mass is 362 g/mol. The molecular weight excluding hydrogens is 348 g/mol. The Balaban J connectivity index is 1.64. The SMILES string of the molecule is O=C(c1nncs1)N1CCc2[nH]cnc2[C@H]1c1cc2ccccc2cn1. The number of aromatic amines is 1. The van der Waals surface area contributed by atoms with E-state index in [1.165, 1.54) is 11.3 Å². The zero-order valence-corrected chi connectivity index (χ0v) is 14.5. The maximum atomic E-state index is 13.0. The van der Waals surface area contributed by atoms with Gasteiger partial charge in [0, 0.05) is 30.2 Å². The smallest absolute Gasteiger partial charge is 0.285 e. The van der Waals surface area contributed by atoms with Crippen LogP contribution < -0.4 is 0 Å². The standard InChI is InChI=1S/C18H14N6OS/c25-18(17-23-22-10-26-17)24-6-5-13-15(21-9-20-13)16(24)14-7-11-3-1-2-4-12(11)8-19-14/h1-4,7-10,16H,5-6H2,(H,20,21)/t16-/m1/s1. The van der Waals surface area contributed by atoms with Crippen molar-refractivity contribution in [3.05, 3.63) is 70.5 Å². The number of carbonyl (C=O) groups is 1. The number of H-pyrrole nitrogens is 1. The Kier molecular flexibility index (Phi) is 3.49. The van der Waals surface area contributed by atoms with Gasteiger partial charge in [0.05, 0.1) is 17.7 Å². The summed E-state index contributed by atoms with van der Waals surface area (Å²) in [5.41, 5.74) is 4.26. The lowest BCUT2D eigenvalue weighted by Crippen LogP contribution is -2.41. The number of benzene rings is 1. The topological polar surface area (TPSA) is 87.7 Å². The van der Waals surface area contributed by atoms with E-state index in [4.69, 9.17) is 0 Å². The van der Waals surface area contributed by atoms with E-state index in [0.29, 0.717) is 11.6 Å². The largest absolute Gasteiger partial charge is 0.348 e. The van der Waals surface area contributed by atoms with Crippen LogP contribution in [0.4, 0.5) is 0 Å². The van der Waals surface area contributed by atoms with Crippen LogP contribution in [0.3, 0.4) is 0 Å². The molecule has 0 spiro atoms. The first-order valence-electron chi connectivity index (χ1n) is 8.25. The average molecular weight is 362 g/mol. The normalized spacial score (nSPS) is 16.6. The third-order valence-electron chi connectivity index (χ3n) is 4.66. The van der Waals surface area contributed by atoms with Crippen LogP contribution in [0.15, 0.2) is 48.4 Å². The molecule has 5 rings (SSSR count). The molecule has 1 N–H and O–H groups in total. The number of amides is 1. The van der Waals surface area contributed by atoms with E-state index in [1.54, 1.807) is 16.7 Å². The van der Waals surface area contributed by atoms with E-state index in [0.717, 1.165) is 34.3 Å². The Labute approximate surface area is 152 Å². The lowest BCUT2D eigenvalue weighted by Gasteiger charge is -2.34. The number of imidazole rings is 1. The highest BCUT2D eigenvalue weighted by Crippen LogP contribution is 2.34. The summed E-state index contributed by atoms with van der Waals surface area (Å²) in [6.45, 7) is 0.576. The van der Waals surface area contributed by atoms with Crippen molar-refractivity contribution < 1.29 is 4.79 Å². The maximum absolute atomic E-state index is 13.0.